The highest BCUT2D eigenvalue weighted by Crippen LogP contribution is 2.46. The van der Waals surface area contributed by atoms with Crippen LogP contribution in [-0.2, 0) is 15.7 Å². The molecule has 7 rings (SSSR count). The van der Waals surface area contributed by atoms with Crippen molar-refractivity contribution in [2.24, 2.45) is 0 Å². The van der Waals surface area contributed by atoms with Gasteiger partial charge in [0, 0.05) is 75.2 Å². The second kappa shape index (κ2) is 13.2. The Balaban J connectivity index is 0.00000110. The lowest BCUT2D eigenvalue weighted by Crippen LogP contribution is -2.52. The normalized spacial score (nSPS) is 19.1. The van der Waals surface area contributed by atoms with Crippen LogP contribution in [0.2, 0.25) is 0 Å². The number of thioether (sulfide) groups is 1. The molecule has 2 aromatic heterocycles. The van der Waals surface area contributed by atoms with Crippen molar-refractivity contribution < 1.29 is 27.4 Å². The summed E-state index contributed by atoms with van der Waals surface area (Å²) in [6.45, 7) is 5.29. The Hall–Kier alpha value is -2.91. The number of hydrogen-bond acceptors (Lipinski definition) is 10. The molecule has 2 N–H and O–H groups in total. The maximum absolute atomic E-state index is 14.1. The number of carbonyl (C=O) groups excluding carboxylic acids is 1. The van der Waals surface area contributed by atoms with Crippen molar-refractivity contribution in [2.45, 2.75) is 35.9 Å². The molecule has 3 fully saturated rings. The number of rotatable bonds is 6. The smallest absolute Gasteiger partial charge is 0.388 e. The van der Waals surface area contributed by atoms with E-state index in [1.54, 1.807) is 25.2 Å². The monoisotopic (exact) mass is 648 g/mol. The first kappa shape index (κ1) is 31.1. The molecule has 5 heterocycles. The van der Waals surface area contributed by atoms with Gasteiger partial charge in [0.05, 0.1) is 29.8 Å². The Kier molecular flexibility index (Phi) is 9.34. The van der Waals surface area contributed by atoms with Gasteiger partial charge in [-0.3, -0.25) is 4.79 Å². The summed E-state index contributed by atoms with van der Waals surface area (Å²) in [5.41, 5.74) is 1.96. The highest BCUT2D eigenvalue weighted by Gasteiger charge is 2.38. The lowest BCUT2D eigenvalue weighted by atomic mass is 10.1. The highest BCUT2D eigenvalue weighted by atomic mass is 32.2. The molecule has 0 bridgehead atoms. The molecule has 3 aromatic rings. The van der Waals surface area contributed by atoms with E-state index >= 15 is 0 Å². The maximum atomic E-state index is 14.1. The molecule has 3 aliphatic heterocycles. The first-order chi connectivity index (χ1) is 21.3. The average Bonchev–Trinajstić information content (AvgIpc) is 3.76. The molecule has 9 nitrogen and oxygen atoms in total. The molecule has 1 aliphatic carbocycles. The number of thiophene rings is 1. The number of benzene rings is 1. The Morgan fingerprint density at radius 3 is 2.52 bits per heavy atom. The largest absolute Gasteiger partial charge is 0.420 e. The maximum Gasteiger partial charge on any atom is 0.420 e. The van der Waals surface area contributed by atoms with Crippen molar-refractivity contribution in [1.82, 2.24) is 20.2 Å². The molecule has 4 aliphatic rings. The van der Waals surface area contributed by atoms with Crippen LogP contribution in [-0.4, -0.2) is 92.7 Å². The van der Waals surface area contributed by atoms with Crippen molar-refractivity contribution in [3.63, 3.8) is 0 Å². The first-order valence-electron chi connectivity index (χ1n) is 14.6. The van der Waals surface area contributed by atoms with E-state index in [-0.39, 0.29) is 23.6 Å². The number of nitrogens with zero attached hydrogens (tertiary/aromatic N) is 4. The van der Waals surface area contributed by atoms with Gasteiger partial charge in [0.2, 0.25) is 5.95 Å². The molecule has 1 saturated carbocycles. The van der Waals surface area contributed by atoms with Gasteiger partial charge in [-0.1, -0.05) is 0 Å². The Morgan fingerprint density at radius 2 is 1.86 bits per heavy atom. The SMILES string of the molecule is COC.O=C1c2sc(-c3nc(Nc4ccc(N5CCNCC5)cc4C4CC4)ncc3C(F)(F)F)cc2SCCN1C1COC1. The average molecular weight is 649 g/mol. The molecule has 1 amide bonds. The van der Waals surface area contributed by atoms with E-state index in [1.165, 1.54) is 11.8 Å². The van der Waals surface area contributed by atoms with Crippen LogP contribution in [0.25, 0.3) is 10.6 Å². The molecule has 44 heavy (non-hydrogen) atoms. The fraction of sp³-hybridized carbons (Fsp3) is 0.500. The zero-order chi connectivity index (χ0) is 30.8. The van der Waals surface area contributed by atoms with E-state index in [9.17, 15) is 18.0 Å². The van der Waals surface area contributed by atoms with Crippen LogP contribution in [0, 0.1) is 0 Å². The minimum absolute atomic E-state index is 0.0128. The summed E-state index contributed by atoms with van der Waals surface area (Å²) in [6, 6.07) is 7.89. The van der Waals surface area contributed by atoms with E-state index in [0.29, 0.717) is 46.1 Å². The standard InChI is InChI=1S/C28H29F3N6O2S2.C2H6O/c29-28(30,31)20-13-33-27(34-21-4-3-17(11-19(21)16-1-2-16)36-7-5-32-6-8-36)35-24(20)22-12-23-25(41-22)26(38)37(9-10-40-23)18-14-39-15-18;1-3-2/h3-4,11-13,16,18,32H,1-2,5-10,14-15H2,(H,33,34,35);1-2H3. The Bertz CT molecular complexity index is 1490. The quantitative estimate of drug-likeness (QED) is 0.362. The fourth-order valence-electron chi connectivity index (χ4n) is 5.46. The molecule has 2 saturated heterocycles. The number of nitrogens with one attached hydrogen (secondary N) is 2. The van der Waals surface area contributed by atoms with Crippen molar-refractivity contribution in [3.05, 3.63) is 46.5 Å². The van der Waals surface area contributed by atoms with E-state index in [0.717, 1.165) is 73.5 Å². The minimum atomic E-state index is -4.65. The molecule has 236 valence electrons. The second-order valence-electron chi connectivity index (χ2n) is 11.1. The number of carbonyl (C=O) groups is 1. The van der Waals surface area contributed by atoms with Gasteiger partial charge in [0.15, 0.2) is 0 Å². The van der Waals surface area contributed by atoms with Crippen molar-refractivity contribution >= 4 is 46.3 Å². The highest BCUT2D eigenvalue weighted by molar-refractivity contribution is 7.99. The predicted octanol–water partition coefficient (Wildman–Crippen LogP) is 5.46. The van der Waals surface area contributed by atoms with Crippen LogP contribution in [0.15, 0.2) is 35.4 Å². The van der Waals surface area contributed by atoms with Crippen LogP contribution in [0.1, 0.15) is 39.6 Å². The van der Waals surface area contributed by atoms with Gasteiger partial charge in [-0.15, -0.1) is 23.1 Å². The number of hydrogen-bond donors (Lipinski definition) is 2. The summed E-state index contributed by atoms with van der Waals surface area (Å²) >= 11 is 2.55. The van der Waals surface area contributed by atoms with Crippen LogP contribution >= 0.6 is 23.1 Å². The molecular weight excluding hydrogens is 613 g/mol. The molecule has 0 unspecified atom stereocenters. The third-order valence-electron chi connectivity index (χ3n) is 7.91. The lowest BCUT2D eigenvalue weighted by molar-refractivity contribution is -0.137. The van der Waals surface area contributed by atoms with Gasteiger partial charge in [0.1, 0.15) is 10.4 Å². The van der Waals surface area contributed by atoms with Gasteiger partial charge in [-0.05, 0) is 48.6 Å². The topological polar surface area (TPSA) is 91.8 Å². The van der Waals surface area contributed by atoms with Gasteiger partial charge >= 0.3 is 6.18 Å². The number of anilines is 3. The fourth-order valence-corrected chi connectivity index (χ4v) is 7.78. The van der Waals surface area contributed by atoms with Gasteiger partial charge in [-0.2, -0.15) is 13.2 Å². The van der Waals surface area contributed by atoms with Crippen LogP contribution in [0.5, 0.6) is 0 Å². The molecular formula is C30H35F3N6O3S2. The number of piperazine rings is 1. The number of methoxy groups -OCH3 is 1. The van der Waals surface area contributed by atoms with Gasteiger partial charge in [0.25, 0.3) is 5.91 Å². The number of fused-ring (bicyclic) bond motifs is 1. The summed E-state index contributed by atoms with van der Waals surface area (Å²) in [7, 11) is 3.25. The molecule has 0 radical (unpaired) electrons. The van der Waals surface area contributed by atoms with Crippen LogP contribution in [0.3, 0.4) is 0 Å². The number of aromatic nitrogens is 2. The summed E-state index contributed by atoms with van der Waals surface area (Å²) in [4.78, 5) is 27.4. The minimum Gasteiger partial charge on any atom is -0.388 e. The number of alkyl halides is 3. The molecule has 0 atom stereocenters. The lowest BCUT2D eigenvalue weighted by Gasteiger charge is -2.36. The van der Waals surface area contributed by atoms with Crippen molar-refractivity contribution in [3.8, 4) is 10.6 Å². The summed E-state index contributed by atoms with van der Waals surface area (Å²) in [5, 5.41) is 6.59. The van der Waals surface area contributed by atoms with Crippen molar-refractivity contribution in [1.29, 1.82) is 0 Å². The third-order valence-corrected chi connectivity index (χ3v) is 10.2. The summed E-state index contributed by atoms with van der Waals surface area (Å²) in [5.74, 6) is 1.02. The van der Waals surface area contributed by atoms with E-state index in [4.69, 9.17) is 4.74 Å². The molecule has 0 spiro atoms. The number of ether oxygens (including phenoxy) is 2. The first-order valence-corrected chi connectivity index (χ1v) is 16.4. The second-order valence-corrected chi connectivity index (χ2v) is 13.3. The van der Waals surface area contributed by atoms with Gasteiger partial charge in [-0.25, -0.2) is 9.97 Å². The van der Waals surface area contributed by atoms with Crippen LogP contribution in [0.4, 0.5) is 30.5 Å². The predicted molar refractivity (Wildman–Crippen MR) is 166 cm³/mol. The number of amides is 1. The third kappa shape index (κ3) is 6.69. The Morgan fingerprint density at radius 1 is 1.11 bits per heavy atom. The number of halogens is 3. The van der Waals surface area contributed by atoms with E-state index in [1.807, 2.05) is 12.1 Å². The zero-order valence-electron chi connectivity index (χ0n) is 24.6. The van der Waals surface area contributed by atoms with Crippen LogP contribution < -0.4 is 15.5 Å². The van der Waals surface area contributed by atoms with E-state index in [2.05, 4.69) is 36.3 Å². The van der Waals surface area contributed by atoms with Gasteiger partial charge < -0.3 is 29.9 Å². The molecule has 14 heteroatoms. The van der Waals surface area contributed by atoms with E-state index < -0.39 is 11.7 Å². The summed E-state index contributed by atoms with van der Waals surface area (Å²) < 4.78 is 51.9. The van der Waals surface area contributed by atoms with Crippen molar-refractivity contribution in [2.75, 3.05) is 76.1 Å². The molecule has 1 aromatic carbocycles. The summed E-state index contributed by atoms with van der Waals surface area (Å²) in [6.07, 6.45) is -1.65. The Labute approximate surface area is 262 Å². The zero-order valence-corrected chi connectivity index (χ0v) is 26.2.